The Bertz CT molecular complexity index is 875. The predicted molar refractivity (Wildman–Crippen MR) is 108 cm³/mol. The van der Waals surface area contributed by atoms with Crippen LogP contribution >= 0.6 is 11.8 Å². The minimum absolute atomic E-state index is 0.141. The summed E-state index contributed by atoms with van der Waals surface area (Å²) in [5.74, 6) is 0. The minimum atomic E-state index is -4.40. The molecule has 0 aromatic heterocycles. The summed E-state index contributed by atoms with van der Waals surface area (Å²) in [4.78, 5) is 9.85. The molecule has 1 aromatic carbocycles. The van der Waals surface area contributed by atoms with E-state index in [4.69, 9.17) is 0 Å². The van der Waals surface area contributed by atoms with Gasteiger partial charge in [0.1, 0.15) is 0 Å². The number of anilines is 1. The van der Waals surface area contributed by atoms with E-state index in [0.29, 0.717) is 11.4 Å². The highest BCUT2D eigenvalue weighted by molar-refractivity contribution is 8.01. The highest BCUT2D eigenvalue weighted by Gasteiger charge is 2.43. The lowest BCUT2D eigenvalue weighted by Crippen LogP contribution is -2.34. The summed E-state index contributed by atoms with van der Waals surface area (Å²) in [5.41, 5.74) is 2.03. The summed E-state index contributed by atoms with van der Waals surface area (Å²) in [6.45, 7) is 3.74. The Morgan fingerprint density at radius 2 is 1.64 bits per heavy atom. The molecule has 4 aliphatic rings. The molecule has 0 spiro atoms. The number of hydrogen-bond acceptors (Lipinski definition) is 4. The van der Waals surface area contributed by atoms with Crippen LogP contribution < -0.4 is 4.90 Å². The highest BCUT2D eigenvalue weighted by Crippen LogP contribution is 2.46. The zero-order valence-electron chi connectivity index (χ0n) is 15.5. The molecule has 1 aromatic rings. The van der Waals surface area contributed by atoms with E-state index in [-0.39, 0.29) is 5.71 Å². The van der Waals surface area contributed by atoms with Gasteiger partial charge < -0.3 is 9.80 Å². The van der Waals surface area contributed by atoms with Gasteiger partial charge in [0.2, 0.25) is 0 Å². The lowest BCUT2D eigenvalue weighted by atomic mass is 9.98. The molecule has 3 nitrogen and oxygen atoms in total. The minimum Gasteiger partial charge on any atom is -0.372 e. The van der Waals surface area contributed by atoms with Crippen LogP contribution in [0.3, 0.4) is 0 Å². The Kier molecular flexibility index (Phi) is 4.45. The fourth-order valence-electron chi connectivity index (χ4n) is 4.40. The third-order valence-electron chi connectivity index (χ3n) is 5.85. The first kappa shape index (κ1) is 18.2. The monoisotopic (exact) mass is 405 g/mol. The van der Waals surface area contributed by atoms with Crippen molar-refractivity contribution in [2.24, 2.45) is 4.99 Å². The van der Waals surface area contributed by atoms with Crippen LogP contribution in [0.1, 0.15) is 25.7 Å². The van der Waals surface area contributed by atoms with Gasteiger partial charge in [0.25, 0.3) is 0 Å². The number of halogens is 3. The number of likely N-dealkylation sites (tertiary alicyclic amines) is 1. The van der Waals surface area contributed by atoms with Gasteiger partial charge in [0.05, 0.1) is 22.2 Å². The molecular weight excluding hydrogens is 383 g/mol. The van der Waals surface area contributed by atoms with Crippen LogP contribution in [0.15, 0.2) is 51.5 Å². The Morgan fingerprint density at radius 1 is 0.964 bits per heavy atom. The summed E-state index contributed by atoms with van der Waals surface area (Å²) in [6, 6.07) is 5.95. The van der Waals surface area contributed by atoms with E-state index in [9.17, 15) is 13.2 Å². The van der Waals surface area contributed by atoms with Gasteiger partial charge in [-0.3, -0.25) is 4.99 Å². The number of hydrogen-bond donors (Lipinski definition) is 0. The van der Waals surface area contributed by atoms with Gasteiger partial charge in [0.15, 0.2) is 0 Å². The van der Waals surface area contributed by atoms with Crippen LogP contribution in [0.2, 0.25) is 0 Å². The maximum absolute atomic E-state index is 13.8. The van der Waals surface area contributed by atoms with Gasteiger partial charge in [-0.15, -0.1) is 11.8 Å². The number of fused-ring (bicyclic) bond motifs is 2. The van der Waals surface area contributed by atoms with Crippen molar-refractivity contribution in [3.05, 3.63) is 41.6 Å². The van der Waals surface area contributed by atoms with Gasteiger partial charge in [0, 0.05) is 42.5 Å². The van der Waals surface area contributed by atoms with Crippen molar-refractivity contribution >= 4 is 28.8 Å². The van der Waals surface area contributed by atoms with E-state index in [1.165, 1.54) is 30.7 Å². The molecule has 0 radical (unpaired) electrons. The number of aliphatic imine (C=N–C) groups is 1. The first-order chi connectivity index (χ1) is 13.5. The number of thioether (sulfide) groups is 1. The van der Waals surface area contributed by atoms with Gasteiger partial charge in [-0.05, 0) is 56.0 Å². The first-order valence-corrected chi connectivity index (χ1v) is 10.8. The maximum Gasteiger partial charge on any atom is 0.418 e. The van der Waals surface area contributed by atoms with Gasteiger partial charge in [-0.25, -0.2) is 0 Å². The average molecular weight is 405 g/mol. The second-order valence-electron chi connectivity index (χ2n) is 7.72. The fourth-order valence-corrected chi connectivity index (χ4v) is 5.59. The molecular formula is C21H22F3N3S. The summed E-state index contributed by atoms with van der Waals surface area (Å²) in [7, 11) is 0. The lowest BCUT2D eigenvalue weighted by molar-refractivity contribution is -0.0863. The van der Waals surface area contributed by atoms with Crippen molar-refractivity contribution in [3.63, 3.8) is 0 Å². The molecule has 2 fully saturated rings. The van der Waals surface area contributed by atoms with Crippen molar-refractivity contribution in [3.8, 4) is 0 Å². The molecule has 2 saturated heterocycles. The number of benzene rings is 1. The third kappa shape index (κ3) is 3.23. The predicted octanol–water partition coefficient (Wildman–Crippen LogP) is 5.32. The molecule has 1 unspecified atom stereocenters. The van der Waals surface area contributed by atoms with Crippen molar-refractivity contribution in [1.82, 2.24) is 4.90 Å². The molecule has 5 rings (SSSR count). The average Bonchev–Trinajstić information content (AvgIpc) is 3.38. The van der Waals surface area contributed by atoms with Crippen molar-refractivity contribution in [2.75, 3.05) is 31.1 Å². The summed E-state index contributed by atoms with van der Waals surface area (Å²) in [5, 5.41) is -0.390. The molecule has 0 amide bonds. The molecule has 0 bridgehead atoms. The number of rotatable bonds is 2. The fraction of sp³-hybridized carbons (Fsp3) is 0.476. The molecule has 1 aliphatic carbocycles. The standard InChI is InChI=1S/C21H22F3N3S/c22-21(23,24)16-11-15(27-9-3-4-10-27)13-19-20(16)25-17-6-5-14(12-18(17)28-19)26-7-1-2-8-26/h5-6,11-13,19H,1-4,7-10H2. The van der Waals surface area contributed by atoms with Gasteiger partial charge in [-0.2, -0.15) is 13.2 Å². The van der Waals surface area contributed by atoms with Crippen LogP contribution in [-0.4, -0.2) is 48.2 Å². The Balaban J connectivity index is 1.53. The summed E-state index contributed by atoms with van der Waals surface area (Å²) >= 11 is 1.49. The molecule has 148 valence electrons. The van der Waals surface area contributed by atoms with Crippen molar-refractivity contribution in [1.29, 1.82) is 0 Å². The van der Waals surface area contributed by atoms with Crippen molar-refractivity contribution < 1.29 is 13.2 Å². The van der Waals surface area contributed by atoms with E-state index in [1.54, 1.807) is 0 Å². The molecule has 3 heterocycles. The largest absolute Gasteiger partial charge is 0.418 e. The first-order valence-electron chi connectivity index (χ1n) is 9.89. The van der Waals surface area contributed by atoms with Crippen LogP contribution in [0.4, 0.5) is 24.5 Å². The van der Waals surface area contributed by atoms with E-state index >= 15 is 0 Å². The topological polar surface area (TPSA) is 18.8 Å². The zero-order valence-corrected chi connectivity index (χ0v) is 16.3. The van der Waals surface area contributed by atoms with Crippen LogP contribution in [-0.2, 0) is 0 Å². The molecule has 0 N–H and O–H groups in total. The molecule has 28 heavy (non-hydrogen) atoms. The van der Waals surface area contributed by atoms with E-state index in [2.05, 4.69) is 20.9 Å². The molecule has 1 atom stereocenters. The SMILES string of the molecule is FC(F)(F)C1=CC(N2CCCC2)=CC2Sc3cc(N4CCCC4)ccc3N=C12. The Labute approximate surface area is 167 Å². The van der Waals surface area contributed by atoms with E-state index in [1.807, 2.05) is 18.2 Å². The maximum atomic E-state index is 13.8. The van der Waals surface area contributed by atoms with Crippen molar-refractivity contribution in [2.45, 2.75) is 42.0 Å². The van der Waals surface area contributed by atoms with Gasteiger partial charge >= 0.3 is 6.18 Å². The molecule has 0 saturated carbocycles. The lowest BCUT2D eigenvalue weighted by Gasteiger charge is -2.32. The number of nitrogens with zero attached hydrogens (tertiary/aromatic N) is 3. The summed E-state index contributed by atoms with van der Waals surface area (Å²) in [6.07, 6.45) is 3.32. The van der Waals surface area contributed by atoms with E-state index < -0.39 is 17.0 Å². The second-order valence-corrected chi connectivity index (χ2v) is 8.91. The molecule has 3 aliphatic heterocycles. The van der Waals surface area contributed by atoms with Crippen LogP contribution in [0, 0.1) is 0 Å². The smallest absolute Gasteiger partial charge is 0.372 e. The van der Waals surface area contributed by atoms with E-state index in [0.717, 1.165) is 49.6 Å². The van der Waals surface area contributed by atoms with Gasteiger partial charge in [-0.1, -0.05) is 0 Å². The Morgan fingerprint density at radius 3 is 2.32 bits per heavy atom. The van der Waals surface area contributed by atoms with Crippen LogP contribution in [0.5, 0.6) is 0 Å². The Hall–Kier alpha value is -1.89. The quantitative estimate of drug-likeness (QED) is 0.664. The number of allylic oxidation sites excluding steroid dienone is 2. The zero-order chi connectivity index (χ0) is 19.3. The normalized spacial score (nSPS) is 24.5. The second kappa shape index (κ2) is 6.87. The molecule has 7 heteroatoms. The number of alkyl halides is 3. The third-order valence-corrected chi connectivity index (χ3v) is 7.04. The summed E-state index contributed by atoms with van der Waals surface area (Å²) < 4.78 is 41.4. The van der Waals surface area contributed by atoms with Crippen LogP contribution in [0.25, 0.3) is 0 Å². The highest BCUT2D eigenvalue weighted by atomic mass is 32.2.